The Labute approximate surface area is 145 Å². The van der Waals surface area contributed by atoms with Gasteiger partial charge in [-0.2, -0.15) is 18.3 Å². The van der Waals surface area contributed by atoms with Crippen LogP contribution in [0.5, 0.6) is 5.88 Å². The Balaban J connectivity index is 1.72. The van der Waals surface area contributed by atoms with Crippen molar-refractivity contribution in [2.24, 2.45) is 14.1 Å². The second-order valence-electron chi connectivity index (χ2n) is 5.52. The van der Waals surface area contributed by atoms with Crippen LogP contribution in [0.3, 0.4) is 0 Å². The Morgan fingerprint density at radius 3 is 2.69 bits per heavy atom. The van der Waals surface area contributed by atoms with Gasteiger partial charge in [-0.25, -0.2) is 9.67 Å². The number of imidazole rings is 1. The molecule has 0 atom stereocenters. The van der Waals surface area contributed by atoms with E-state index < -0.39 is 12.8 Å². The molecule has 0 saturated heterocycles. The van der Waals surface area contributed by atoms with Gasteiger partial charge in [0.15, 0.2) is 12.4 Å². The maximum atomic E-state index is 12.4. The molecule has 0 radical (unpaired) electrons. The van der Waals surface area contributed by atoms with E-state index in [1.165, 1.54) is 11.7 Å². The second kappa shape index (κ2) is 6.69. The van der Waals surface area contributed by atoms with E-state index in [0.29, 0.717) is 17.1 Å². The van der Waals surface area contributed by atoms with Gasteiger partial charge in [0, 0.05) is 26.5 Å². The van der Waals surface area contributed by atoms with E-state index in [-0.39, 0.29) is 24.3 Å². The number of nitrogens with one attached hydrogen (secondary N) is 1. The molecular formula is C14H16F3N7O2. The van der Waals surface area contributed by atoms with Gasteiger partial charge in [0.05, 0.1) is 17.8 Å². The van der Waals surface area contributed by atoms with E-state index in [2.05, 4.69) is 25.6 Å². The van der Waals surface area contributed by atoms with Crippen molar-refractivity contribution in [3.8, 4) is 17.6 Å². The maximum absolute atomic E-state index is 12.4. The number of ether oxygens (including phenoxy) is 1. The van der Waals surface area contributed by atoms with Crippen LogP contribution in [0, 0.1) is 6.92 Å². The maximum Gasteiger partial charge on any atom is 0.422 e. The van der Waals surface area contributed by atoms with Crippen molar-refractivity contribution in [3.63, 3.8) is 0 Å². The van der Waals surface area contributed by atoms with Crippen LogP contribution in [0.4, 0.5) is 19.2 Å². The lowest BCUT2D eigenvalue weighted by Gasteiger charge is -2.11. The highest BCUT2D eigenvalue weighted by Gasteiger charge is 2.30. The molecule has 1 N–H and O–H groups in total. The van der Waals surface area contributed by atoms with Crippen molar-refractivity contribution in [3.05, 3.63) is 23.7 Å². The molecule has 0 unspecified atom stereocenters. The summed E-state index contributed by atoms with van der Waals surface area (Å²) in [6.45, 7) is 0.377. The van der Waals surface area contributed by atoms with Crippen LogP contribution >= 0.6 is 0 Å². The third-order valence-electron chi connectivity index (χ3n) is 3.52. The zero-order valence-electron chi connectivity index (χ0n) is 14.2. The molecule has 0 bridgehead atoms. The Kier molecular flexibility index (Phi) is 4.57. The average molecular weight is 371 g/mol. The average Bonchev–Trinajstić information content (AvgIpc) is 3.22. The SMILES string of the molecule is Cc1nn(C)c(OCC(F)(F)F)c1CNc1nnc(-c2nccn2C)o1. The summed E-state index contributed by atoms with van der Waals surface area (Å²) < 4.78 is 50.6. The van der Waals surface area contributed by atoms with Crippen molar-refractivity contribution in [2.45, 2.75) is 19.6 Å². The van der Waals surface area contributed by atoms with Gasteiger partial charge in [-0.1, -0.05) is 5.10 Å². The fourth-order valence-electron chi connectivity index (χ4n) is 2.34. The van der Waals surface area contributed by atoms with Gasteiger partial charge in [0.25, 0.3) is 5.89 Å². The van der Waals surface area contributed by atoms with Crippen molar-refractivity contribution in [2.75, 3.05) is 11.9 Å². The molecule has 0 aliphatic carbocycles. The molecule has 0 aliphatic heterocycles. The Hall–Kier alpha value is -3.05. The summed E-state index contributed by atoms with van der Waals surface area (Å²) in [5.41, 5.74) is 0.995. The molecule has 0 amide bonds. The standard InChI is InChI=1S/C14H16F3N7O2/c1-8-9(12(24(3)22-8)25-7-14(15,16)17)6-19-13-21-20-11(26-13)10-18-4-5-23(10)2/h4-5H,6-7H2,1-3H3,(H,19,21). The minimum atomic E-state index is -4.44. The van der Waals surface area contributed by atoms with Gasteiger partial charge >= 0.3 is 12.2 Å². The fraction of sp³-hybridized carbons (Fsp3) is 0.429. The zero-order chi connectivity index (χ0) is 18.9. The van der Waals surface area contributed by atoms with Crippen LogP contribution in [0.15, 0.2) is 16.8 Å². The first-order chi connectivity index (χ1) is 12.2. The Morgan fingerprint density at radius 1 is 1.27 bits per heavy atom. The number of aromatic nitrogens is 6. The van der Waals surface area contributed by atoms with E-state index in [0.717, 1.165) is 0 Å². The molecule has 0 aliphatic rings. The van der Waals surface area contributed by atoms with Crippen LogP contribution in [0.1, 0.15) is 11.3 Å². The van der Waals surface area contributed by atoms with E-state index in [9.17, 15) is 13.2 Å². The summed E-state index contributed by atoms with van der Waals surface area (Å²) in [4.78, 5) is 4.10. The van der Waals surface area contributed by atoms with E-state index in [1.807, 2.05) is 0 Å². The van der Waals surface area contributed by atoms with Crippen molar-refractivity contribution in [1.29, 1.82) is 0 Å². The lowest BCUT2D eigenvalue weighted by atomic mass is 10.2. The van der Waals surface area contributed by atoms with Gasteiger partial charge < -0.3 is 19.0 Å². The predicted octanol–water partition coefficient (Wildman–Crippen LogP) is 2.07. The summed E-state index contributed by atoms with van der Waals surface area (Å²) in [6.07, 6.45) is -1.11. The number of anilines is 1. The van der Waals surface area contributed by atoms with Gasteiger partial charge in [0.1, 0.15) is 0 Å². The first kappa shape index (κ1) is 17.8. The second-order valence-corrected chi connectivity index (χ2v) is 5.52. The molecule has 3 heterocycles. The van der Waals surface area contributed by atoms with E-state index in [4.69, 9.17) is 9.15 Å². The molecule has 9 nitrogen and oxygen atoms in total. The van der Waals surface area contributed by atoms with Crippen LogP contribution in [-0.4, -0.2) is 42.3 Å². The number of halogens is 3. The largest absolute Gasteiger partial charge is 0.468 e. The monoisotopic (exact) mass is 371 g/mol. The third kappa shape index (κ3) is 3.78. The number of hydrogen-bond donors (Lipinski definition) is 1. The number of aryl methyl sites for hydroxylation is 3. The number of nitrogens with zero attached hydrogens (tertiary/aromatic N) is 6. The molecule has 3 aromatic heterocycles. The summed E-state index contributed by atoms with van der Waals surface area (Å²) in [7, 11) is 3.29. The molecule has 0 saturated carbocycles. The van der Waals surface area contributed by atoms with Crippen molar-refractivity contribution < 1.29 is 22.3 Å². The quantitative estimate of drug-likeness (QED) is 0.709. The molecule has 3 aromatic rings. The van der Waals surface area contributed by atoms with Gasteiger partial charge in [-0.05, 0) is 6.92 Å². The zero-order valence-corrected chi connectivity index (χ0v) is 14.2. The third-order valence-corrected chi connectivity index (χ3v) is 3.52. The number of hydrogen-bond acceptors (Lipinski definition) is 7. The van der Waals surface area contributed by atoms with Crippen LogP contribution < -0.4 is 10.1 Å². The van der Waals surface area contributed by atoms with Crippen LogP contribution in [-0.2, 0) is 20.6 Å². The molecule has 140 valence electrons. The molecule has 0 spiro atoms. The first-order valence-electron chi connectivity index (χ1n) is 7.51. The van der Waals surface area contributed by atoms with Crippen molar-refractivity contribution in [1.82, 2.24) is 29.5 Å². The predicted molar refractivity (Wildman–Crippen MR) is 83.3 cm³/mol. The summed E-state index contributed by atoms with van der Waals surface area (Å²) in [5.74, 6) is 0.741. The van der Waals surface area contributed by atoms with Crippen LogP contribution in [0.25, 0.3) is 11.7 Å². The van der Waals surface area contributed by atoms with Crippen LogP contribution in [0.2, 0.25) is 0 Å². The van der Waals surface area contributed by atoms with E-state index >= 15 is 0 Å². The molecule has 0 fully saturated rings. The smallest absolute Gasteiger partial charge is 0.422 e. The highest BCUT2D eigenvalue weighted by atomic mass is 19.4. The first-order valence-corrected chi connectivity index (χ1v) is 7.51. The van der Waals surface area contributed by atoms with Gasteiger partial charge in [-0.3, -0.25) is 0 Å². The van der Waals surface area contributed by atoms with Crippen molar-refractivity contribution >= 4 is 6.01 Å². The molecular weight excluding hydrogens is 355 g/mol. The Morgan fingerprint density at radius 2 is 2.04 bits per heavy atom. The summed E-state index contributed by atoms with van der Waals surface area (Å²) in [5, 5.41) is 14.7. The lowest BCUT2D eigenvalue weighted by molar-refractivity contribution is -0.154. The minimum absolute atomic E-state index is 0.0242. The summed E-state index contributed by atoms with van der Waals surface area (Å²) in [6, 6.07) is 0.105. The number of rotatable bonds is 6. The molecule has 0 aromatic carbocycles. The highest BCUT2D eigenvalue weighted by Crippen LogP contribution is 2.25. The molecule has 3 rings (SSSR count). The molecule has 26 heavy (non-hydrogen) atoms. The summed E-state index contributed by atoms with van der Waals surface area (Å²) >= 11 is 0. The molecule has 12 heteroatoms. The topological polar surface area (TPSA) is 95.8 Å². The van der Waals surface area contributed by atoms with Gasteiger partial charge in [-0.15, -0.1) is 5.10 Å². The lowest BCUT2D eigenvalue weighted by Crippen LogP contribution is -2.21. The van der Waals surface area contributed by atoms with Gasteiger partial charge in [0.2, 0.25) is 5.88 Å². The number of alkyl halides is 3. The van der Waals surface area contributed by atoms with E-state index in [1.54, 1.807) is 30.9 Å². The minimum Gasteiger partial charge on any atom is -0.468 e. The fourth-order valence-corrected chi connectivity index (χ4v) is 2.34. The Bertz CT molecular complexity index is 897. The normalized spacial score (nSPS) is 11.8. The highest BCUT2D eigenvalue weighted by molar-refractivity contribution is 5.42.